The molecule has 0 heterocycles. The van der Waals surface area contributed by atoms with Gasteiger partial charge in [0, 0.05) is 6.26 Å². The first-order valence-electron chi connectivity index (χ1n) is 4.38. The van der Waals surface area contributed by atoms with Crippen LogP contribution >= 0.6 is 0 Å². The van der Waals surface area contributed by atoms with Crippen LogP contribution in [0.4, 0.5) is 0 Å². The van der Waals surface area contributed by atoms with Gasteiger partial charge < -0.3 is 0 Å². The van der Waals surface area contributed by atoms with Gasteiger partial charge in [0.25, 0.3) is 0 Å². The number of hydrogen-bond acceptors (Lipinski definition) is 2. The highest BCUT2D eigenvalue weighted by Crippen LogP contribution is 2.27. The van der Waals surface area contributed by atoms with Crippen LogP contribution in [0.2, 0.25) is 0 Å². The number of hydrogen-bond donors (Lipinski definition) is 0. The van der Waals surface area contributed by atoms with E-state index in [-0.39, 0.29) is 11.2 Å². The average Bonchev–Trinajstić information content (AvgIpc) is 1.78. The summed E-state index contributed by atoms with van der Waals surface area (Å²) in [6.45, 7) is 5.84. The van der Waals surface area contributed by atoms with Gasteiger partial charge in [-0.3, -0.25) is 0 Å². The third-order valence-electron chi connectivity index (χ3n) is 2.37. The van der Waals surface area contributed by atoms with Gasteiger partial charge in [0.2, 0.25) is 0 Å². The van der Waals surface area contributed by atoms with Gasteiger partial charge in [0.15, 0.2) is 9.84 Å². The molecule has 0 saturated carbocycles. The van der Waals surface area contributed by atoms with Crippen molar-refractivity contribution in [1.29, 1.82) is 0 Å². The summed E-state index contributed by atoms with van der Waals surface area (Å²) >= 11 is 0. The van der Waals surface area contributed by atoms with E-state index in [0.29, 0.717) is 0 Å². The molecule has 0 N–H and O–H groups in total. The van der Waals surface area contributed by atoms with E-state index in [1.807, 2.05) is 32.9 Å². The number of sulfone groups is 1. The van der Waals surface area contributed by atoms with Crippen LogP contribution < -0.4 is 0 Å². The first kappa shape index (κ1) is 10.5. The van der Waals surface area contributed by atoms with Crippen molar-refractivity contribution < 1.29 is 8.42 Å². The highest BCUT2D eigenvalue weighted by atomic mass is 32.2. The largest absolute Gasteiger partial charge is 0.228 e. The number of rotatable bonds is 1. The molecule has 0 amide bonds. The molecule has 1 rings (SSSR count). The molecule has 0 saturated heterocycles. The van der Waals surface area contributed by atoms with Gasteiger partial charge in [-0.15, -0.1) is 0 Å². The Bertz CT molecular complexity index is 360. The Morgan fingerprint density at radius 3 is 2.23 bits per heavy atom. The van der Waals surface area contributed by atoms with E-state index in [1.165, 1.54) is 6.26 Å². The van der Waals surface area contributed by atoms with Crippen LogP contribution in [0, 0.1) is 5.92 Å². The molecule has 2 atom stereocenters. The van der Waals surface area contributed by atoms with Crippen LogP contribution in [0.5, 0.6) is 0 Å². The fourth-order valence-electron chi connectivity index (χ4n) is 2.13. The van der Waals surface area contributed by atoms with Crippen LogP contribution in [-0.2, 0) is 9.84 Å². The van der Waals surface area contributed by atoms with Crippen LogP contribution in [0.25, 0.3) is 0 Å². The Morgan fingerprint density at radius 2 is 1.85 bits per heavy atom. The second kappa shape index (κ2) is 3.29. The van der Waals surface area contributed by atoms with E-state index in [0.717, 1.165) is 11.1 Å². The summed E-state index contributed by atoms with van der Waals surface area (Å²) in [5.74, 6) is 0.0972. The van der Waals surface area contributed by atoms with Gasteiger partial charge in [-0.05, 0) is 19.8 Å². The van der Waals surface area contributed by atoms with Crippen LogP contribution in [0.1, 0.15) is 20.8 Å². The second-order valence-corrected chi connectivity index (χ2v) is 6.08. The molecule has 1 aliphatic carbocycles. The minimum atomic E-state index is -2.96. The van der Waals surface area contributed by atoms with Crippen LogP contribution in [0.15, 0.2) is 23.3 Å². The van der Waals surface area contributed by atoms with Crippen LogP contribution in [-0.4, -0.2) is 19.9 Å². The lowest BCUT2D eigenvalue weighted by atomic mass is 9.92. The van der Waals surface area contributed by atoms with Crippen molar-refractivity contribution in [2.75, 3.05) is 6.26 Å². The molecule has 2 nitrogen and oxygen atoms in total. The molecule has 13 heavy (non-hydrogen) atoms. The van der Waals surface area contributed by atoms with Gasteiger partial charge in [-0.2, -0.15) is 0 Å². The average molecular weight is 200 g/mol. The first-order chi connectivity index (χ1) is 5.82. The first-order valence-corrected chi connectivity index (χ1v) is 6.33. The zero-order valence-corrected chi connectivity index (χ0v) is 9.35. The van der Waals surface area contributed by atoms with Crippen LogP contribution in [0.3, 0.4) is 0 Å². The quantitative estimate of drug-likeness (QED) is 0.648. The SMILES string of the molecule is CC1=CC(C)C(S(C)(=O)=O)C(C)=C1. The zero-order valence-electron chi connectivity index (χ0n) is 8.53. The van der Waals surface area contributed by atoms with E-state index in [4.69, 9.17) is 0 Å². The monoisotopic (exact) mass is 200 g/mol. The summed E-state index contributed by atoms with van der Waals surface area (Å²) in [6, 6.07) is 0. The third-order valence-corrected chi connectivity index (χ3v) is 4.09. The molecule has 0 spiro atoms. The summed E-state index contributed by atoms with van der Waals surface area (Å²) in [6.07, 6.45) is 5.27. The minimum Gasteiger partial charge on any atom is -0.228 e. The Hall–Kier alpha value is -0.570. The molecule has 1 aliphatic rings. The molecule has 0 fully saturated rings. The highest BCUT2D eigenvalue weighted by molar-refractivity contribution is 7.91. The summed E-state index contributed by atoms with van der Waals surface area (Å²) in [5, 5.41) is -0.323. The van der Waals surface area contributed by atoms with Crippen molar-refractivity contribution in [2.24, 2.45) is 5.92 Å². The van der Waals surface area contributed by atoms with E-state index in [9.17, 15) is 8.42 Å². The van der Waals surface area contributed by atoms with Crippen molar-refractivity contribution in [3.05, 3.63) is 23.3 Å². The highest BCUT2D eigenvalue weighted by Gasteiger charge is 2.29. The van der Waals surface area contributed by atoms with E-state index >= 15 is 0 Å². The standard InChI is InChI=1S/C10H16O2S/c1-7-5-8(2)10(9(3)6-7)13(4,11)12/h5-6,8,10H,1-4H3. The third kappa shape index (κ3) is 2.21. The van der Waals surface area contributed by atoms with Gasteiger partial charge in [0.05, 0.1) is 5.25 Å². The summed E-state index contributed by atoms with van der Waals surface area (Å²) < 4.78 is 22.9. The van der Waals surface area contributed by atoms with Gasteiger partial charge in [0.1, 0.15) is 0 Å². The Kier molecular flexibility index (Phi) is 2.66. The van der Waals surface area contributed by atoms with Crippen molar-refractivity contribution in [1.82, 2.24) is 0 Å². The molecule has 3 heteroatoms. The lowest BCUT2D eigenvalue weighted by Crippen LogP contribution is -2.29. The van der Waals surface area contributed by atoms with E-state index in [2.05, 4.69) is 0 Å². The van der Waals surface area contributed by atoms with Crippen molar-refractivity contribution in [2.45, 2.75) is 26.0 Å². The Labute approximate surface area is 80.3 Å². The molecule has 0 aromatic heterocycles. The fraction of sp³-hybridized carbons (Fsp3) is 0.600. The lowest BCUT2D eigenvalue weighted by molar-refractivity contribution is 0.572. The normalized spacial score (nSPS) is 29.5. The number of allylic oxidation sites excluding steroid dienone is 3. The van der Waals surface area contributed by atoms with Crippen molar-refractivity contribution >= 4 is 9.84 Å². The molecule has 0 aromatic rings. The summed E-state index contributed by atoms with van der Waals surface area (Å²) in [4.78, 5) is 0. The second-order valence-electron chi connectivity index (χ2n) is 3.91. The smallest absolute Gasteiger partial charge is 0.154 e. The predicted molar refractivity (Wildman–Crippen MR) is 55.3 cm³/mol. The predicted octanol–water partition coefficient (Wildman–Crippen LogP) is 1.94. The van der Waals surface area contributed by atoms with Crippen molar-refractivity contribution in [3.8, 4) is 0 Å². The van der Waals surface area contributed by atoms with E-state index < -0.39 is 9.84 Å². The maximum absolute atomic E-state index is 11.4. The lowest BCUT2D eigenvalue weighted by Gasteiger charge is -2.24. The summed E-state index contributed by atoms with van der Waals surface area (Å²) in [5.41, 5.74) is 2.11. The molecule has 74 valence electrons. The molecular weight excluding hydrogens is 184 g/mol. The van der Waals surface area contributed by atoms with Gasteiger partial charge >= 0.3 is 0 Å². The summed E-state index contributed by atoms with van der Waals surface area (Å²) in [7, 11) is -2.96. The fourth-order valence-corrected chi connectivity index (χ4v) is 3.74. The minimum absolute atomic E-state index is 0.0972. The van der Waals surface area contributed by atoms with Gasteiger partial charge in [-0.1, -0.05) is 30.2 Å². The van der Waals surface area contributed by atoms with Crippen molar-refractivity contribution in [3.63, 3.8) is 0 Å². The maximum atomic E-state index is 11.4. The molecule has 0 aromatic carbocycles. The molecule has 0 radical (unpaired) electrons. The van der Waals surface area contributed by atoms with Gasteiger partial charge in [-0.25, -0.2) is 8.42 Å². The molecule has 0 aliphatic heterocycles. The maximum Gasteiger partial charge on any atom is 0.154 e. The molecule has 0 bridgehead atoms. The Balaban J connectivity index is 3.12. The Morgan fingerprint density at radius 1 is 1.31 bits per heavy atom. The molecule has 2 unspecified atom stereocenters. The molecular formula is C10H16O2S. The topological polar surface area (TPSA) is 34.1 Å². The zero-order chi connectivity index (χ0) is 10.2. The van der Waals surface area contributed by atoms with E-state index in [1.54, 1.807) is 0 Å².